The van der Waals surface area contributed by atoms with Gasteiger partial charge in [-0.25, -0.2) is 0 Å². The van der Waals surface area contributed by atoms with Crippen LogP contribution in [0.4, 0.5) is 5.69 Å². The van der Waals surface area contributed by atoms with E-state index in [2.05, 4.69) is 55.0 Å². The summed E-state index contributed by atoms with van der Waals surface area (Å²) < 4.78 is 5.66. The van der Waals surface area contributed by atoms with Crippen LogP contribution >= 0.6 is 0 Å². The molecular formula is C15H25N3O. The Bertz CT molecular complexity index is 393. The molecule has 4 nitrogen and oxygen atoms in total. The maximum absolute atomic E-state index is 5.66. The van der Waals surface area contributed by atoms with E-state index < -0.39 is 0 Å². The van der Waals surface area contributed by atoms with Crippen molar-refractivity contribution in [3.8, 4) is 0 Å². The molecule has 1 fully saturated rings. The number of nitrogens with zero attached hydrogens (tertiary/aromatic N) is 2. The fourth-order valence-electron chi connectivity index (χ4n) is 2.50. The molecule has 2 rings (SSSR count). The molecule has 1 aliphatic rings. The lowest BCUT2D eigenvalue weighted by molar-refractivity contribution is 0.0343. The molecule has 0 aromatic carbocycles. The number of ether oxygens (including phenoxy) is 1. The number of rotatable bonds is 4. The minimum Gasteiger partial charge on any atom is -0.375 e. The van der Waals surface area contributed by atoms with Crippen LogP contribution in [0.2, 0.25) is 0 Å². The van der Waals surface area contributed by atoms with Crippen molar-refractivity contribution in [2.24, 2.45) is 0 Å². The number of anilines is 1. The van der Waals surface area contributed by atoms with Gasteiger partial charge in [-0.05, 0) is 39.4 Å². The summed E-state index contributed by atoms with van der Waals surface area (Å²) in [5, 5.41) is 3.38. The van der Waals surface area contributed by atoms with Crippen molar-refractivity contribution in [3.05, 3.63) is 24.0 Å². The topological polar surface area (TPSA) is 37.4 Å². The Kier molecular flexibility index (Phi) is 4.77. The molecule has 0 radical (unpaired) electrons. The van der Waals surface area contributed by atoms with Gasteiger partial charge in [0.25, 0.3) is 0 Å². The van der Waals surface area contributed by atoms with Gasteiger partial charge >= 0.3 is 0 Å². The van der Waals surface area contributed by atoms with Gasteiger partial charge in [0.05, 0.1) is 30.3 Å². The normalized spacial score (nSPS) is 25.4. The lowest BCUT2D eigenvalue weighted by Gasteiger charge is -2.38. The van der Waals surface area contributed by atoms with Crippen LogP contribution in [0.3, 0.4) is 0 Å². The highest BCUT2D eigenvalue weighted by molar-refractivity contribution is 5.46. The summed E-state index contributed by atoms with van der Waals surface area (Å²) in [6.45, 7) is 11.3. The molecule has 0 bridgehead atoms. The second kappa shape index (κ2) is 6.35. The van der Waals surface area contributed by atoms with Gasteiger partial charge in [0.15, 0.2) is 0 Å². The van der Waals surface area contributed by atoms with E-state index in [9.17, 15) is 0 Å². The Morgan fingerprint density at radius 3 is 2.89 bits per heavy atom. The zero-order valence-corrected chi connectivity index (χ0v) is 12.4. The summed E-state index contributed by atoms with van der Waals surface area (Å²) in [5.41, 5.74) is 2.29. The molecular weight excluding hydrogens is 238 g/mol. The number of hydrogen-bond donors (Lipinski definition) is 1. The maximum Gasteiger partial charge on any atom is 0.0723 e. The Morgan fingerprint density at radius 1 is 1.47 bits per heavy atom. The Hall–Kier alpha value is -1.13. The summed E-state index contributed by atoms with van der Waals surface area (Å²) in [5.74, 6) is 0. The smallest absolute Gasteiger partial charge is 0.0723 e. The molecule has 1 aliphatic heterocycles. The Balaban J connectivity index is 2.08. The maximum atomic E-state index is 5.66. The van der Waals surface area contributed by atoms with Gasteiger partial charge < -0.3 is 15.0 Å². The van der Waals surface area contributed by atoms with E-state index in [-0.39, 0.29) is 6.10 Å². The zero-order chi connectivity index (χ0) is 13.8. The number of hydrogen-bond acceptors (Lipinski definition) is 4. The standard InChI is InChI=1S/C15H25N3O/c1-5-16-13(4)15-7-6-14(8-17-15)18-9-12(3)19-10-11(18)2/h6-8,11-13,16H,5,9-10H2,1-4H3. The molecule has 3 unspecified atom stereocenters. The molecule has 19 heavy (non-hydrogen) atoms. The van der Waals surface area contributed by atoms with E-state index in [1.165, 1.54) is 5.69 Å². The lowest BCUT2D eigenvalue weighted by atomic mass is 10.1. The minimum absolute atomic E-state index is 0.288. The van der Waals surface area contributed by atoms with Gasteiger partial charge in [-0.3, -0.25) is 4.98 Å². The molecule has 2 heterocycles. The molecule has 106 valence electrons. The largest absolute Gasteiger partial charge is 0.375 e. The van der Waals surface area contributed by atoms with Crippen LogP contribution in [0.15, 0.2) is 18.3 Å². The van der Waals surface area contributed by atoms with Gasteiger partial charge in [0.1, 0.15) is 0 Å². The number of morpholine rings is 1. The Labute approximate surface area is 116 Å². The van der Waals surface area contributed by atoms with Gasteiger partial charge in [0.2, 0.25) is 0 Å². The van der Waals surface area contributed by atoms with E-state index in [0.717, 1.165) is 25.4 Å². The van der Waals surface area contributed by atoms with E-state index in [1.54, 1.807) is 0 Å². The first-order valence-electron chi connectivity index (χ1n) is 7.19. The number of nitrogens with one attached hydrogen (secondary N) is 1. The van der Waals surface area contributed by atoms with Crippen LogP contribution in [0, 0.1) is 0 Å². The van der Waals surface area contributed by atoms with Crippen molar-refractivity contribution in [1.29, 1.82) is 0 Å². The number of aromatic nitrogens is 1. The first-order valence-corrected chi connectivity index (χ1v) is 7.19. The summed E-state index contributed by atoms with van der Waals surface area (Å²) >= 11 is 0. The third kappa shape index (κ3) is 3.45. The molecule has 1 N–H and O–H groups in total. The average Bonchev–Trinajstić information content (AvgIpc) is 2.42. The second-order valence-electron chi connectivity index (χ2n) is 5.37. The molecule has 3 atom stereocenters. The third-order valence-electron chi connectivity index (χ3n) is 3.66. The van der Waals surface area contributed by atoms with Crippen molar-refractivity contribution < 1.29 is 4.74 Å². The van der Waals surface area contributed by atoms with Gasteiger partial charge in [-0.15, -0.1) is 0 Å². The van der Waals surface area contributed by atoms with E-state index in [4.69, 9.17) is 4.74 Å². The van der Waals surface area contributed by atoms with Crippen LogP contribution in [0.1, 0.15) is 39.4 Å². The summed E-state index contributed by atoms with van der Waals surface area (Å²) in [4.78, 5) is 6.96. The number of pyridine rings is 1. The monoisotopic (exact) mass is 263 g/mol. The summed E-state index contributed by atoms with van der Waals surface area (Å²) in [6.07, 6.45) is 2.27. The predicted molar refractivity (Wildman–Crippen MR) is 78.6 cm³/mol. The molecule has 1 saturated heterocycles. The molecule has 0 amide bonds. The highest BCUT2D eigenvalue weighted by Crippen LogP contribution is 2.22. The van der Waals surface area contributed by atoms with Crippen molar-refractivity contribution >= 4 is 5.69 Å². The van der Waals surface area contributed by atoms with Crippen molar-refractivity contribution in [2.75, 3.05) is 24.6 Å². The van der Waals surface area contributed by atoms with Gasteiger partial charge in [-0.1, -0.05) is 6.92 Å². The minimum atomic E-state index is 0.288. The zero-order valence-electron chi connectivity index (χ0n) is 12.4. The van der Waals surface area contributed by atoms with Crippen LogP contribution < -0.4 is 10.2 Å². The highest BCUT2D eigenvalue weighted by atomic mass is 16.5. The quantitative estimate of drug-likeness (QED) is 0.905. The molecule has 0 saturated carbocycles. The van der Waals surface area contributed by atoms with Crippen LogP contribution in [0.25, 0.3) is 0 Å². The van der Waals surface area contributed by atoms with Crippen molar-refractivity contribution in [3.63, 3.8) is 0 Å². The first-order chi connectivity index (χ1) is 9.11. The molecule has 0 aliphatic carbocycles. The first kappa shape index (κ1) is 14.3. The van der Waals surface area contributed by atoms with E-state index in [1.807, 2.05) is 6.20 Å². The second-order valence-corrected chi connectivity index (χ2v) is 5.37. The van der Waals surface area contributed by atoms with E-state index >= 15 is 0 Å². The van der Waals surface area contributed by atoms with Crippen LogP contribution in [-0.2, 0) is 4.74 Å². The SMILES string of the molecule is CCNC(C)c1ccc(N2CC(C)OCC2C)cn1. The van der Waals surface area contributed by atoms with Gasteiger partial charge in [0, 0.05) is 18.6 Å². The van der Waals surface area contributed by atoms with Gasteiger partial charge in [-0.2, -0.15) is 0 Å². The Morgan fingerprint density at radius 2 is 2.26 bits per heavy atom. The average molecular weight is 263 g/mol. The molecule has 1 aromatic heterocycles. The van der Waals surface area contributed by atoms with Crippen LogP contribution in [0.5, 0.6) is 0 Å². The highest BCUT2D eigenvalue weighted by Gasteiger charge is 2.23. The van der Waals surface area contributed by atoms with E-state index in [0.29, 0.717) is 12.1 Å². The van der Waals surface area contributed by atoms with Crippen LogP contribution in [-0.4, -0.2) is 36.8 Å². The fourth-order valence-corrected chi connectivity index (χ4v) is 2.50. The molecule has 1 aromatic rings. The predicted octanol–water partition coefficient (Wildman–Crippen LogP) is 2.37. The summed E-state index contributed by atoms with van der Waals surface area (Å²) in [6, 6.07) is 5.01. The summed E-state index contributed by atoms with van der Waals surface area (Å²) in [7, 11) is 0. The molecule has 4 heteroatoms. The molecule has 0 spiro atoms. The van der Waals surface area contributed by atoms with Crippen molar-refractivity contribution in [2.45, 2.75) is 45.9 Å². The van der Waals surface area contributed by atoms with Crippen molar-refractivity contribution in [1.82, 2.24) is 10.3 Å². The third-order valence-corrected chi connectivity index (χ3v) is 3.66. The fraction of sp³-hybridized carbons (Fsp3) is 0.667. The lowest BCUT2D eigenvalue weighted by Crippen LogP contribution is -2.47.